The predicted octanol–water partition coefficient (Wildman–Crippen LogP) is 3.23. The molecule has 2 aromatic rings. The largest absolute Gasteiger partial charge is 0.310 e. The highest BCUT2D eigenvalue weighted by Crippen LogP contribution is 2.21. The molecule has 0 unspecified atom stereocenters. The number of aryl methyl sites for hydroxylation is 1. The third-order valence-corrected chi connectivity index (χ3v) is 2.61. The molecule has 0 amide bonds. The Balaban J connectivity index is 2.74. The molecular formula is C11H14ClN3. The summed E-state index contributed by atoms with van der Waals surface area (Å²) in [6.07, 6.45) is 2.58. The summed E-state index contributed by atoms with van der Waals surface area (Å²) in [4.78, 5) is 8.87. The average molecular weight is 224 g/mol. The van der Waals surface area contributed by atoms with Crippen LogP contribution in [0.2, 0.25) is 5.02 Å². The van der Waals surface area contributed by atoms with E-state index >= 15 is 0 Å². The average Bonchev–Trinajstić information content (AvgIpc) is 2.54. The van der Waals surface area contributed by atoms with E-state index in [1.54, 1.807) is 6.20 Å². The molecule has 0 saturated carbocycles. The van der Waals surface area contributed by atoms with Crippen LogP contribution in [0.25, 0.3) is 11.2 Å². The van der Waals surface area contributed by atoms with E-state index in [9.17, 15) is 0 Å². The Labute approximate surface area is 94.1 Å². The van der Waals surface area contributed by atoms with Crippen molar-refractivity contribution in [3.8, 4) is 0 Å². The zero-order valence-electron chi connectivity index (χ0n) is 9.16. The monoisotopic (exact) mass is 223 g/mol. The van der Waals surface area contributed by atoms with E-state index < -0.39 is 0 Å². The molecule has 0 aromatic carbocycles. The second-order valence-corrected chi connectivity index (χ2v) is 4.28. The smallest absolute Gasteiger partial charge is 0.160 e. The van der Waals surface area contributed by atoms with Gasteiger partial charge in [-0.3, -0.25) is 0 Å². The first kappa shape index (κ1) is 10.4. The summed E-state index contributed by atoms with van der Waals surface area (Å²) in [5.74, 6) is 1.06. The van der Waals surface area contributed by atoms with E-state index in [2.05, 4.69) is 35.3 Å². The lowest BCUT2D eigenvalue weighted by Crippen LogP contribution is -2.05. The molecule has 2 aromatic heterocycles. The third kappa shape index (κ3) is 1.72. The van der Waals surface area contributed by atoms with Crippen molar-refractivity contribution in [2.24, 2.45) is 0 Å². The molecule has 0 aliphatic heterocycles. The van der Waals surface area contributed by atoms with E-state index in [1.807, 2.05) is 6.07 Å². The van der Waals surface area contributed by atoms with Gasteiger partial charge in [0.15, 0.2) is 5.65 Å². The molecule has 0 aliphatic carbocycles. The van der Waals surface area contributed by atoms with E-state index in [0.717, 1.165) is 23.4 Å². The predicted molar refractivity (Wildman–Crippen MR) is 62.3 cm³/mol. The van der Waals surface area contributed by atoms with Crippen LogP contribution in [0.3, 0.4) is 0 Å². The van der Waals surface area contributed by atoms with Crippen LogP contribution in [0.15, 0.2) is 12.3 Å². The molecule has 0 atom stereocenters. The normalized spacial score (nSPS) is 11.5. The minimum absolute atomic E-state index is 0.374. The topological polar surface area (TPSA) is 30.7 Å². The Morgan fingerprint density at radius 1 is 1.47 bits per heavy atom. The number of nitrogens with zero attached hydrogens (tertiary/aromatic N) is 3. The number of imidazole rings is 1. The van der Waals surface area contributed by atoms with Gasteiger partial charge in [0.1, 0.15) is 11.3 Å². The third-order valence-electron chi connectivity index (χ3n) is 2.40. The number of hydrogen-bond donors (Lipinski definition) is 0. The highest BCUT2D eigenvalue weighted by molar-refractivity contribution is 6.31. The van der Waals surface area contributed by atoms with Crippen LogP contribution in [-0.4, -0.2) is 14.5 Å². The summed E-state index contributed by atoms with van der Waals surface area (Å²) in [5, 5.41) is 0.638. The van der Waals surface area contributed by atoms with Crippen LogP contribution in [0, 0.1) is 0 Å². The molecule has 0 aliphatic rings. The second-order valence-electron chi connectivity index (χ2n) is 3.84. The molecule has 3 nitrogen and oxygen atoms in total. The maximum Gasteiger partial charge on any atom is 0.160 e. The van der Waals surface area contributed by atoms with Crippen molar-refractivity contribution in [2.45, 2.75) is 33.2 Å². The van der Waals surface area contributed by atoms with Gasteiger partial charge in [-0.1, -0.05) is 18.5 Å². The highest BCUT2D eigenvalue weighted by atomic mass is 35.5. The minimum Gasteiger partial charge on any atom is -0.310 e. The number of hydrogen-bond acceptors (Lipinski definition) is 2. The van der Waals surface area contributed by atoms with Crippen LogP contribution in [0.4, 0.5) is 0 Å². The van der Waals surface area contributed by atoms with Gasteiger partial charge >= 0.3 is 0 Å². The van der Waals surface area contributed by atoms with E-state index in [4.69, 9.17) is 11.6 Å². The molecule has 0 fully saturated rings. The number of halogens is 1. The van der Waals surface area contributed by atoms with Crippen LogP contribution >= 0.6 is 11.6 Å². The first-order chi connectivity index (χ1) is 7.13. The summed E-state index contributed by atoms with van der Waals surface area (Å²) in [5.41, 5.74) is 1.80. The van der Waals surface area contributed by atoms with Crippen molar-refractivity contribution >= 4 is 22.8 Å². The maximum atomic E-state index is 5.89. The van der Waals surface area contributed by atoms with Crippen LogP contribution in [-0.2, 0) is 6.42 Å². The van der Waals surface area contributed by atoms with Gasteiger partial charge in [0.25, 0.3) is 0 Å². The highest BCUT2D eigenvalue weighted by Gasteiger charge is 2.12. The summed E-state index contributed by atoms with van der Waals surface area (Å²) >= 11 is 5.89. The summed E-state index contributed by atoms with van der Waals surface area (Å²) < 4.78 is 2.16. The van der Waals surface area contributed by atoms with Crippen LogP contribution in [0.5, 0.6) is 0 Å². The first-order valence-corrected chi connectivity index (χ1v) is 5.53. The zero-order valence-corrected chi connectivity index (χ0v) is 9.91. The molecule has 2 heterocycles. The molecule has 0 spiro atoms. The Kier molecular flexibility index (Phi) is 2.65. The number of aromatic nitrogens is 3. The molecule has 0 saturated heterocycles. The van der Waals surface area contributed by atoms with Crippen LogP contribution < -0.4 is 0 Å². The summed E-state index contributed by atoms with van der Waals surface area (Å²) in [7, 11) is 0. The molecule has 15 heavy (non-hydrogen) atoms. The lowest BCUT2D eigenvalue weighted by molar-refractivity contribution is 0.584. The standard InChI is InChI=1S/C11H14ClN3/c1-4-10-14-9-5-8(12)6-13-11(9)15(10)7(2)3/h5-7H,4H2,1-3H3. The van der Waals surface area contributed by atoms with Gasteiger partial charge in [-0.2, -0.15) is 0 Å². The van der Waals surface area contributed by atoms with Gasteiger partial charge < -0.3 is 4.57 Å². The van der Waals surface area contributed by atoms with E-state index in [0.29, 0.717) is 11.1 Å². The molecule has 80 valence electrons. The van der Waals surface area contributed by atoms with E-state index in [1.165, 1.54) is 0 Å². The van der Waals surface area contributed by atoms with Crippen molar-refractivity contribution in [3.05, 3.63) is 23.1 Å². The van der Waals surface area contributed by atoms with Gasteiger partial charge in [0, 0.05) is 18.7 Å². The fraction of sp³-hybridized carbons (Fsp3) is 0.455. The van der Waals surface area contributed by atoms with Crippen molar-refractivity contribution in [2.75, 3.05) is 0 Å². The Hall–Kier alpha value is -1.09. The molecular weight excluding hydrogens is 210 g/mol. The molecule has 0 radical (unpaired) electrons. The minimum atomic E-state index is 0.374. The van der Waals surface area contributed by atoms with Gasteiger partial charge in [-0.25, -0.2) is 9.97 Å². The fourth-order valence-electron chi connectivity index (χ4n) is 1.80. The first-order valence-electron chi connectivity index (χ1n) is 5.15. The number of fused-ring (bicyclic) bond motifs is 1. The SMILES string of the molecule is CCc1nc2cc(Cl)cnc2n1C(C)C. The van der Waals surface area contributed by atoms with Crippen molar-refractivity contribution in [3.63, 3.8) is 0 Å². The molecule has 4 heteroatoms. The molecule has 0 N–H and O–H groups in total. The summed E-state index contributed by atoms with van der Waals surface area (Å²) in [6.45, 7) is 6.37. The van der Waals surface area contributed by atoms with Crippen molar-refractivity contribution in [1.29, 1.82) is 0 Å². The second kappa shape index (κ2) is 3.81. The van der Waals surface area contributed by atoms with Crippen molar-refractivity contribution in [1.82, 2.24) is 14.5 Å². The Bertz CT molecular complexity index is 488. The summed E-state index contributed by atoms with van der Waals surface area (Å²) in [6, 6.07) is 2.24. The Morgan fingerprint density at radius 2 is 2.20 bits per heavy atom. The van der Waals surface area contributed by atoms with Gasteiger partial charge in [-0.05, 0) is 19.9 Å². The zero-order chi connectivity index (χ0) is 11.0. The lowest BCUT2D eigenvalue weighted by atomic mass is 10.3. The number of rotatable bonds is 2. The lowest BCUT2D eigenvalue weighted by Gasteiger charge is -2.10. The van der Waals surface area contributed by atoms with Gasteiger partial charge in [0.05, 0.1) is 5.02 Å². The fourth-order valence-corrected chi connectivity index (χ4v) is 1.95. The molecule has 2 rings (SSSR count). The Morgan fingerprint density at radius 3 is 2.80 bits per heavy atom. The van der Waals surface area contributed by atoms with E-state index in [-0.39, 0.29) is 0 Å². The quantitative estimate of drug-likeness (QED) is 0.783. The maximum absolute atomic E-state index is 5.89. The van der Waals surface area contributed by atoms with Gasteiger partial charge in [0.2, 0.25) is 0 Å². The van der Waals surface area contributed by atoms with Crippen molar-refractivity contribution < 1.29 is 0 Å². The van der Waals surface area contributed by atoms with Gasteiger partial charge in [-0.15, -0.1) is 0 Å². The molecule has 0 bridgehead atoms. The van der Waals surface area contributed by atoms with Crippen LogP contribution in [0.1, 0.15) is 32.6 Å². The number of pyridine rings is 1.